The Kier molecular flexibility index (Phi) is 118. The summed E-state index contributed by atoms with van der Waals surface area (Å²) < 4.78 is 0. The van der Waals surface area contributed by atoms with Crippen molar-refractivity contribution in [3.63, 3.8) is 0 Å². The van der Waals surface area contributed by atoms with Gasteiger partial charge in [0.15, 0.2) is 0 Å². The first-order valence-electron chi connectivity index (χ1n) is 0. The topological polar surface area (TPSA) is 57.0 Å². The van der Waals surface area contributed by atoms with Crippen molar-refractivity contribution in [1.29, 1.82) is 0 Å². The molecule has 0 heterocycles. The molecule has 0 saturated carbocycles. The van der Waals surface area contributed by atoms with Crippen LogP contribution in [0.5, 0.6) is 0 Å². The van der Waals surface area contributed by atoms with E-state index < -0.39 is 0 Å². The molecule has 0 bridgehead atoms. The summed E-state index contributed by atoms with van der Waals surface area (Å²) in [6.45, 7) is 0. The van der Waals surface area contributed by atoms with Crippen molar-refractivity contribution >= 4 is 0 Å². The fourth-order valence-electron chi connectivity index (χ4n) is 0. The van der Waals surface area contributed by atoms with Gasteiger partial charge in [-0.2, -0.15) is 0 Å². The summed E-state index contributed by atoms with van der Waals surface area (Å²) >= 11 is 0. The second-order valence-electron chi connectivity index (χ2n) is 0. The van der Waals surface area contributed by atoms with Crippen LogP contribution in [0.25, 0.3) is 0 Å². The van der Waals surface area contributed by atoms with Gasteiger partial charge in [-0.05, 0) is 0 Å². The molecule has 4 heavy (non-hydrogen) atoms. The number of hydrogen-bond donors (Lipinski definition) is 0. The Labute approximate surface area is 102 Å². The third kappa shape index (κ3) is 8.88. The standard InChI is InChI=1S/2O.2Yb/q2*-2;2*+3. The van der Waals surface area contributed by atoms with Crippen molar-refractivity contribution in [3.8, 4) is 0 Å². The van der Waals surface area contributed by atoms with Crippen molar-refractivity contribution < 1.29 is 105 Å². The minimum absolute atomic E-state index is 0. The third-order valence-electron chi connectivity index (χ3n) is 0. The van der Waals surface area contributed by atoms with Crippen LogP contribution in [0.1, 0.15) is 0 Å². The van der Waals surface area contributed by atoms with Crippen molar-refractivity contribution in [2.75, 3.05) is 0 Å². The minimum Gasteiger partial charge on any atom is -2.00 e. The van der Waals surface area contributed by atoms with Gasteiger partial charge in [-0.15, -0.1) is 0 Å². The molecule has 0 saturated heterocycles. The molecule has 4 heteroatoms. The van der Waals surface area contributed by atoms with E-state index in [4.69, 9.17) is 0 Å². The molecule has 0 aromatic rings. The van der Waals surface area contributed by atoms with Gasteiger partial charge in [0, 0.05) is 0 Å². The van der Waals surface area contributed by atoms with Gasteiger partial charge in [0.1, 0.15) is 0 Å². The molecule has 0 spiro atoms. The molecule has 2 radical (unpaired) electrons. The molecular formula is O2Yb2+2. The van der Waals surface area contributed by atoms with E-state index in [9.17, 15) is 0 Å². The van der Waals surface area contributed by atoms with Crippen LogP contribution in [-0.2, 0) is 11.0 Å². The Hall–Kier alpha value is 2.96. The van der Waals surface area contributed by atoms with Crippen LogP contribution in [0, 0.1) is 93.8 Å². The van der Waals surface area contributed by atoms with Crippen LogP contribution in [-0.4, -0.2) is 0 Å². The zero-order valence-electron chi connectivity index (χ0n) is 1.35. The zero-order chi connectivity index (χ0) is 0. The van der Waals surface area contributed by atoms with Gasteiger partial charge in [-0.3, -0.25) is 0 Å². The van der Waals surface area contributed by atoms with Gasteiger partial charge in [-0.25, -0.2) is 0 Å². The first-order valence-corrected chi connectivity index (χ1v) is 0. The van der Waals surface area contributed by atoms with Crippen molar-refractivity contribution in [3.05, 3.63) is 0 Å². The Balaban J connectivity index is 0. The molecule has 0 aliphatic carbocycles. The van der Waals surface area contributed by atoms with Gasteiger partial charge >= 0.3 is 93.8 Å². The normalized spacial score (nSPS) is 0. The Bertz CT molecular complexity index is 4.00. The van der Waals surface area contributed by atoms with Gasteiger partial charge in [-0.1, -0.05) is 0 Å². The quantitative estimate of drug-likeness (QED) is 0.559. The summed E-state index contributed by atoms with van der Waals surface area (Å²) in [5.41, 5.74) is 0. The third-order valence-corrected chi connectivity index (χ3v) is 0. The molecule has 0 aliphatic rings. The van der Waals surface area contributed by atoms with E-state index in [1.54, 1.807) is 0 Å². The summed E-state index contributed by atoms with van der Waals surface area (Å²) in [7, 11) is 0. The summed E-state index contributed by atoms with van der Waals surface area (Å²) in [4.78, 5) is 0. The van der Waals surface area contributed by atoms with Gasteiger partial charge in [0.05, 0.1) is 0 Å². The van der Waals surface area contributed by atoms with Crippen molar-refractivity contribution in [1.82, 2.24) is 0 Å². The van der Waals surface area contributed by atoms with Crippen LogP contribution in [0.3, 0.4) is 0 Å². The maximum absolute atomic E-state index is 0. The molecular weight excluding hydrogens is 378 g/mol. The average Bonchev–Trinajstić information content (AvgIpc) is 0. The predicted octanol–water partition coefficient (Wildman–Crippen LogP) is -0.238. The number of hydrogen-bond acceptors (Lipinski definition) is 0. The Morgan fingerprint density at radius 1 is 0.500 bits per heavy atom. The largest absolute Gasteiger partial charge is 3.00 e. The molecule has 0 atom stereocenters. The average molecular weight is 378 g/mol. The monoisotopic (exact) mass is 380 g/mol. The molecule has 0 aromatic carbocycles. The maximum Gasteiger partial charge on any atom is 3.00 e. The molecule has 38 valence electrons. The van der Waals surface area contributed by atoms with Gasteiger partial charge in [0.2, 0.25) is 0 Å². The van der Waals surface area contributed by atoms with E-state index >= 15 is 0 Å². The summed E-state index contributed by atoms with van der Waals surface area (Å²) in [5.74, 6) is 0. The number of rotatable bonds is 0. The van der Waals surface area contributed by atoms with E-state index in [-0.39, 0.29) is 105 Å². The Morgan fingerprint density at radius 2 is 0.500 bits per heavy atom. The van der Waals surface area contributed by atoms with Crippen molar-refractivity contribution in [2.24, 2.45) is 0 Å². The summed E-state index contributed by atoms with van der Waals surface area (Å²) in [6, 6.07) is 0. The molecule has 0 aromatic heterocycles. The minimum atomic E-state index is 0. The van der Waals surface area contributed by atoms with E-state index in [1.165, 1.54) is 0 Å². The fraction of sp³-hybridized carbons (Fsp3) is 0. The SMILES string of the molecule is [O-2].[O-2].[Yb+3].[Yb+3]. The summed E-state index contributed by atoms with van der Waals surface area (Å²) in [5, 5.41) is 0. The van der Waals surface area contributed by atoms with E-state index in [0.717, 1.165) is 0 Å². The predicted molar refractivity (Wildman–Crippen MR) is 1.37 cm³/mol. The van der Waals surface area contributed by atoms with Crippen LogP contribution in [0.2, 0.25) is 0 Å². The molecule has 0 N–H and O–H groups in total. The van der Waals surface area contributed by atoms with Crippen LogP contribution in [0.15, 0.2) is 0 Å². The molecule has 0 fully saturated rings. The smallest absolute Gasteiger partial charge is 2.00 e. The van der Waals surface area contributed by atoms with Crippen molar-refractivity contribution in [2.45, 2.75) is 0 Å². The second-order valence-corrected chi connectivity index (χ2v) is 0. The van der Waals surface area contributed by atoms with Crippen LogP contribution >= 0.6 is 0 Å². The molecule has 0 unspecified atom stereocenters. The summed E-state index contributed by atoms with van der Waals surface area (Å²) in [6.07, 6.45) is 0. The van der Waals surface area contributed by atoms with Crippen LogP contribution < -0.4 is 0 Å². The molecule has 2 nitrogen and oxygen atoms in total. The van der Waals surface area contributed by atoms with E-state index in [1.807, 2.05) is 0 Å². The molecule has 0 amide bonds. The van der Waals surface area contributed by atoms with Gasteiger partial charge < -0.3 is 11.0 Å². The van der Waals surface area contributed by atoms with E-state index in [2.05, 4.69) is 0 Å². The van der Waals surface area contributed by atoms with Gasteiger partial charge in [0.25, 0.3) is 0 Å². The van der Waals surface area contributed by atoms with E-state index in [0.29, 0.717) is 0 Å². The zero-order valence-corrected chi connectivity index (χ0v) is 4.78. The Morgan fingerprint density at radius 3 is 0.500 bits per heavy atom. The first kappa shape index (κ1) is 28.2. The first-order chi connectivity index (χ1) is 0. The second kappa shape index (κ2) is 16.7. The molecule has 0 rings (SSSR count). The fourth-order valence-corrected chi connectivity index (χ4v) is 0. The van der Waals surface area contributed by atoms with Crippen LogP contribution in [0.4, 0.5) is 0 Å². The molecule has 0 aliphatic heterocycles. The maximum atomic E-state index is 0.